The zero-order valence-electron chi connectivity index (χ0n) is 16.5. The molecule has 2 aliphatic heterocycles. The van der Waals surface area contributed by atoms with Gasteiger partial charge in [-0.05, 0) is 23.3 Å². The number of carbonyl (C=O) groups excluding carboxylic acids is 2. The maximum atomic E-state index is 12.9. The summed E-state index contributed by atoms with van der Waals surface area (Å²) < 4.78 is 2.76. The third-order valence-electron chi connectivity index (χ3n) is 4.95. The minimum absolute atomic E-state index is 0.323. The number of hydrogen-bond donors (Lipinski definition) is 1. The number of urea groups is 1. The van der Waals surface area contributed by atoms with Crippen molar-refractivity contribution in [3.8, 4) is 0 Å². The molecule has 4 rings (SSSR count). The Labute approximate surface area is 182 Å². The van der Waals surface area contributed by atoms with Crippen molar-refractivity contribution in [1.82, 2.24) is 15.2 Å². The molecule has 0 bridgehead atoms. The second-order valence-corrected chi connectivity index (χ2v) is 7.89. The van der Waals surface area contributed by atoms with E-state index in [0.717, 1.165) is 20.5 Å². The van der Waals surface area contributed by atoms with Crippen LogP contribution in [0.25, 0.3) is 0 Å². The molecule has 1 unspecified atom stereocenters. The largest absolute Gasteiger partial charge is 0.414 e. The van der Waals surface area contributed by atoms with Crippen LogP contribution in [0.15, 0.2) is 69.2 Å². The first kappa shape index (κ1) is 20.0. The van der Waals surface area contributed by atoms with Gasteiger partial charge in [-0.3, -0.25) is 14.6 Å². The van der Waals surface area contributed by atoms with E-state index in [2.05, 4.69) is 31.4 Å². The molecule has 0 aromatic heterocycles. The molecular formula is C21H20BrN6O2+. The number of halogens is 1. The maximum absolute atomic E-state index is 12.9. The molecule has 1 saturated heterocycles. The predicted octanol–water partition coefficient (Wildman–Crippen LogP) is 2.25. The summed E-state index contributed by atoms with van der Waals surface area (Å²) in [7, 11) is 3.10. The summed E-state index contributed by atoms with van der Waals surface area (Å²) in [6.45, 7) is 0.419. The molecule has 2 heterocycles. The average Bonchev–Trinajstić information content (AvgIpc) is 3.10. The van der Waals surface area contributed by atoms with Gasteiger partial charge in [-0.25, -0.2) is 9.37 Å². The summed E-state index contributed by atoms with van der Waals surface area (Å²) in [6, 6.07) is 16.4. The van der Waals surface area contributed by atoms with Gasteiger partial charge in [0.25, 0.3) is 5.91 Å². The molecule has 152 valence electrons. The molecule has 0 spiro atoms. The second kappa shape index (κ2) is 8.19. The Morgan fingerprint density at radius 3 is 2.63 bits per heavy atom. The lowest BCUT2D eigenvalue weighted by Crippen LogP contribution is -2.61. The van der Waals surface area contributed by atoms with Gasteiger partial charge in [-0.1, -0.05) is 63.4 Å². The summed E-state index contributed by atoms with van der Waals surface area (Å²) in [6.07, 6.45) is 1.68. The van der Waals surface area contributed by atoms with E-state index in [9.17, 15) is 9.59 Å². The van der Waals surface area contributed by atoms with E-state index < -0.39 is 12.1 Å². The quantitative estimate of drug-likeness (QED) is 0.425. The normalized spacial score (nSPS) is 18.9. The van der Waals surface area contributed by atoms with E-state index >= 15 is 0 Å². The van der Waals surface area contributed by atoms with E-state index in [1.165, 1.54) is 11.9 Å². The van der Waals surface area contributed by atoms with Crippen molar-refractivity contribution in [3.05, 3.63) is 70.2 Å². The van der Waals surface area contributed by atoms with Gasteiger partial charge in [-0.2, -0.15) is 5.43 Å². The lowest BCUT2D eigenvalue weighted by Gasteiger charge is -2.31. The van der Waals surface area contributed by atoms with Crippen molar-refractivity contribution in [2.24, 2.45) is 10.1 Å². The van der Waals surface area contributed by atoms with Gasteiger partial charge in [0.1, 0.15) is 0 Å². The number of fused-ring (bicyclic) bond motifs is 1. The molecule has 2 aromatic carbocycles. The predicted molar refractivity (Wildman–Crippen MR) is 117 cm³/mol. The van der Waals surface area contributed by atoms with Gasteiger partial charge in [-0.15, -0.1) is 5.10 Å². The number of likely N-dealkylation sites (N-methyl/N-ethyl adjacent to an activating group) is 2. The van der Waals surface area contributed by atoms with Crippen LogP contribution in [0.4, 0.5) is 4.79 Å². The van der Waals surface area contributed by atoms with Crippen molar-refractivity contribution in [1.29, 1.82) is 0 Å². The number of guanidine groups is 1. The molecule has 1 fully saturated rings. The van der Waals surface area contributed by atoms with Crippen LogP contribution >= 0.6 is 15.9 Å². The first-order chi connectivity index (χ1) is 14.5. The topological polar surface area (TPSA) is 80.4 Å². The fourth-order valence-corrected chi connectivity index (χ4v) is 3.84. The highest BCUT2D eigenvalue weighted by molar-refractivity contribution is 9.10. The van der Waals surface area contributed by atoms with E-state index in [4.69, 9.17) is 0 Å². The maximum Gasteiger partial charge on any atom is 0.414 e. The standard InChI is InChI=1S/C21H19BrN6O2/c1-26-18-17(19(29)27(2)21(26)30)28(13-15-9-6-10-16(22)11-15)20(24-18)25-23-12-14-7-4-3-5-8-14/h3-12,17H,13H2,1-2H3/p+1/b23-12+. The number of amidine groups is 1. The number of nitrogens with one attached hydrogen (secondary N) is 1. The summed E-state index contributed by atoms with van der Waals surface area (Å²) in [5.74, 6) is 0.469. The lowest BCUT2D eigenvalue weighted by molar-refractivity contribution is -0.553. The number of benzene rings is 2. The van der Waals surface area contributed by atoms with Crippen LogP contribution < -0.4 is 5.43 Å². The zero-order chi connectivity index (χ0) is 21.3. The van der Waals surface area contributed by atoms with Crippen LogP contribution in [-0.2, 0) is 11.3 Å². The number of hydrogen-bond acceptors (Lipinski definition) is 5. The van der Waals surface area contributed by atoms with Crippen molar-refractivity contribution in [3.63, 3.8) is 0 Å². The Kier molecular flexibility index (Phi) is 5.45. The molecule has 3 amide bonds. The lowest BCUT2D eigenvalue weighted by atomic mass is 10.1. The molecule has 0 radical (unpaired) electrons. The van der Waals surface area contributed by atoms with Gasteiger partial charge in [0, 0.05) is 18.6 Å². The SMILES string of the molecule is CN1C(=O)C2C(=NC(N/N=C/c3ccccc3)=[N+]2Cc2cccc(Br)c2)N(C)C1=O. The molecule has 2 aromatic rings. The fourth-order valence-electron chi connectivity index (χ4n) is 3.39. The third-order valence-corrected chi connectivity index (χ3v) is 5.44. The highest BCUT2D eigenvalue weighted by atomic mass is 79.9. The van der Waals surface area contributed by atoms with Gasteiger partial charge in [0.2, 0.25) is 11.9 Å². The van der Waals surface area contributed by atoms with Crippen LogP contribution in [0.5, 0.6) is 0 Å². The van der Waals surface area contributed by atoms with Crippen LogP contribution in [0.3, 0.4) is 0 Å². The minimum Gasteiger partial charge on any atom is -0.270 e. The summed E-state index contributed by atoms with van der Waals surface area (Å²) in [5, 5.41) is 4.28. The molecule has 0 saturated carbocycles. The number of amides is 3. The van der Waals surface area contributed by atoms with E-state index in [0.29, 0.717) is 18.3 Å². The zero-order valence-corrected chi connectivity index (χ0v) is 18.1. The molecular weight excluding hydrogens is 448 g/mol. The smallest absolute Gasteiger partial charge is 0.270 e. The van der Waals surface area contributed by atoms with Crippen LogP contribution in [0.1, 0.15) is 11.1 Å². The average molecular weight is 468 g/mol. The summed E-state index contributed by atoms with van der Waals surface area (Å²) in [5.41, 5.74) is 4.86. The molecule has 9 heteroatoms. The van der Waals surface area contributed by atoms with E-state index in [-0.39, 0.29) is 5.91 Å². The molecule has 0 aliphatic carbocycles. The van der Waals surface area contributed by atoms with Gasteiger partial charge in [0.15, 0.2) is 0 Å². The van der Waals surface area contributed by atoms with Crippen molar-refractivity contribution >= 4 is 45.9 Å². The van der Waals surface area contributed by atoms with E-state index in [1.54, 1.807) is 13.3 Å². The molecule has 2 aliphatic rings. The Morgan fingerprint density at radius 2 is 1.90 bits per heavy atom. The number of imide groups is 1. The van der Waals surface area contributed by atoms with Crippen LogP contribution in [0.2, 0.25) is 0 Å². The summed E-state index contributed by atoms with van der Waals surface area (Å²) in [4.78, 5) is 32.4. The van der Waals surface area contributed by atoms with E-state index in [1.807, 2.05) is 59.2 Å². The Balaban J connectivity index is 1.69. The van der Waals surface area contributed by atoms with Gasteiger partial charge < -0.3 is 0 Å². The number of rotatable bonds is 4. The first-order valence-corrected chi connectivity index (χ1v) is 10.1. The third kappa shape index (κ3) is 3.76. The Bertz CT molecular complexity index is 1100. The van der Waals surface area contributed by atoms with Gasteiger partial charge in [0.05, 0.1) is 12.8 Å². The van der Waals surface area contributed by atoms with Crippen LogP contribution in [0, 0.1) is 0 Å². The van der Waals surface area contributed by atoms with Crippen LogP contribution in [-0.4, -0.2) is 64.5 Å². The Morgan fingerprint density at radius 1 is 1.13 bits per heavy atom. The van der Waals surface area contributed by atoms with Crippen molar-refractivity contribution in [2.45, 2.75) is 12.6 Å². The van der Waals surface area contributed by atoms with Gasteiger partial charge >= 0.3 is 12.0 Å². The molecule has 1 N–H and O–H groups in total. The number of nitrogens with zero attached hydrogens (tertiary/aromatic N) is 5. The highest BCUT2D eigenvalue weighted by Crippen LogP contribution is 2.21. The number of carbonyl (C=O) groups is 2. The first-order valence-electron chi connectivity index (χ1n) is 9.31. The summed E-state index contributed by atoms with van der Waals surface area (Å²) >= 11 is 3.48. The monoisotopic (exact) mass is 467 g/mol. The number of aliphatic imine (C=N–C) groups is 1. The highest BCUT2D eigenvalue weighted by Gasteiger charge is 2.51. The minimum atomic E-state index is -0.703. The molecule has 30 heavy (non-hydrogen) atoms. The fraction of sp³-hybridized carbons (Fsp3) is 0.190. The molecule has 1 atom stereocenters. The van der Waals surface area contributed by atoms with Crippen molar-refractivity contribution < 1.29 is 14.2 Å². The van der Waals surface area contributed by atoms with Crippen molar-refractivity contribution in [2.75, 3.05) is 14.1 Å². The number of hydrazone groups is 1. The Hall–Kier alpha value is -3.33. The molecule has 8 nitrogen and oxygen atoms in total. The second-order valence-electron chi connectivity index (χ2n) is 6.97.